The molecule has 0 aliphatic carbocycles. The van der Waals surface area contributed by atoms with E-state index in [2.05, 4.69) is 56.8 Å². The molecule has 0 atom stereocenters. The van der Waals surface area contributed by atoms with Crippen molar-refractivity contribution in [2.24, 2.45) is 4.99 Å². The number of carbonyl (C=O) groups is 1. The van der Waals surface area contributed by atoms with Crippen LogP contribution in [0.1, 0.15) is 26.7 Å². The third kappa shape index (κ3) is 7.39. The molecule has 0 bridgehead atoms. The lowest BCUT2D eigenvalue weighted by atomic mass is 10.3. The normalized spacial score (nSPS) is 14.9. The Labute approximate surface area is 172 Å². The van der Waals surface area contributed by atoms with E-state index in [-0.39, 0.29) is 29.9 Å². The number of amides is 1. The topological polar surface area (TPSA) is 60.0 Å². The second-order valence-corrected chi connectivity index (χ2v) is 6.69. The van der Waals surface area contributed by atoms with Crippen LogP contribution in [0.5, 0.6) is 0 Å². The molecule has 2 rings (SSSR count). The fourth-order valence-corrected chi connectivity index (χ4v) is 3.42. The fourth-order valence-electron chi connectivity index (χ4n) is 2.63. The zero-order valence-corrected chi connectivity index (χ0v) is 18.3. The number of hydrogen-bond donors (Lipinski definition) is 2. The van der Waals surface area contributed by atoms with Crippen molar-refractivity contribution in [2.75, 3.05) is 50.7 Å². The highest BCUT2D eigenvalue weighted by Gasteiger charge is 2.20. The number of piperazine rings is 1. The number of anilines is 1. The van der Waals surface area contributed by atoms with Crippen molar-refractivity contribution in [1.82, 2.24) is 15.5 Å². The van der Waals surface area contributed by atoms with Gasteiger partial charge in [0.2, 0.25) is 5.91 Å². The quantitative estimate of drug-likeness (QED) is 0.358. The average Bonchev–Trinajstić information content (AvgIpc) is 3.14. The molecular weight excluding hydrogens is 449 g/mol. The van der Waals surface area contributed by atoms with E-state index >= 15 is 0 Å². The monoisotopic (exact) mass is 479 g/mol. The lowest BCUT2D eigenvalue weighted by molar-refractivity contribution is -0.120. The standard InChI is InChI=1S/C17H29N5OS.HI/c1-3-8-19-15(23)7-9-20-17(18-4-2)22-12-10-21(11-13-22)16-6-5-14-24-16;/h5-6,14H,3-4,7-13H2,1-2H3,(H,18,20)(H,19,23);1H. The third-order valence-corrected chi connectivity index (χ3v) is 4.83. The molecule has 1 fully saturated rings. The molecule has 8 heteroatoms. The van der Waals surface area contributed by atoms with Gasteiger partial charge in [0.1, 0.15) is 0 Å². The number of hydrogen-bond acceptors (Lipinski definition) is 4. The van der Waals surface area contributed by atoms with Gasteiger partial charge in [-0.05, 0) is 30.9 Å². The molecule has 0 spiro atoms. The van der Waals surface area contributed by atoms with Gasteiger partial charge in [0, 0.05) is 45.7 Å². The lowest BCUT2D eigenvalue weighted by Gasteiger charge is -2.37. The number of nitrogens with zero attached hydrogens (tertiary/aromatic N) is 3. The predicted molar refractivity (Wildman–Crippen MR) is 117 cm³/mol. The molecule has 6 nitrogen and oxygen atoms in total. The number of halogens is 1. The van der Waals surface area contributed by atoms with E-state index in [1.807, 2.05) is 0 Å². The van der Waals surface area contributed by atoms with Crippen LogP contribution in [-0.2, 0) is 4.79 Å². The van der Waals surface area contributed by atoms with E-state index in [0.29, 0.717) is 13.0 Å². The SMILES string of the molecule is CCCNC(=O)CCN=C(NCC)N1CCN(c2cccs2)CC1.I. The molecule has 0 aromatic carbocycles. The van der Waals surface area contributed by atoms with Crippen molar-refractivity contribution in [3.8, 4) is 0 Å². The Morgan fingerprint density at radius 2 is 2.00 bits per heavy atom. The summed E-state index contributed by atoms with van der Waals surface area (Å²) >= 11 is 1.79. The molecule has 1 aromatic heterocycles. The highest BCUT2D eigenvalue weighted by molar-refractivity contribution is 14.0. The van der Waals surface area contributed by atoms with Crippen molar-refractivity contribution in [1.29, 1.82) is 0 Å². The van der Waals surface area contributed by atoms with E-state index in [1.165, 1.54) is 5.00 Å². The van der Waals surface area contributed by atoms with Gasteiger partial charge in [0.15, 0.2) is 5.96 Å². The van der Waals surface area contributed by atoms with Crippen LogP contribution in [0.3, 0.4) is 0 Å². The van der Waals surface area contributed by atoms with Crippen LogP contribution < -0.4 is 15.5 Å². The predicted octanol–water partition coefficient (Wildman–Crippen LogP) is 2.37. The van der Waals surface area contributed by atoms with Gasteiger partial charge in [-0.2, -0.15) is 0 Å². The number of carbonyl (C=O) groups excluding carboxylic acids is 1. The van der Waals surface area contributed by atoms with Crippen molar-refractivity contribution in [3.63, 3.8) is 0 Å². The molecular formula is C17H30IN5OS. The van der Waals surface area contributed by atoms with Gasteiger partial charge in [-0.15, -0.1) is 35.3 Å². The molecule has 142 valence electrons. The Bertz CT molecular complexity index is 515. The minimum Gasteiger partial charge on any atom is -0.360 e. The van der Waals surface area contributed by atoms with Crippen molar-refractivity contribution in [3.05, 3.63) is 17.5 Å². The highest BCUT2D eigenvalue weighted by atomic mass is 127. The van der Waals surface area contributed by atoms with Crippen LogP contribution in [0.4, 0.5) is 5.00 Å². The summed E-state index contributed by atoms with van der Waals surface area (Å²) in [5.74, 6) is 1.01. The second-order valence-electron chi connectivity index (χ2n) is 5.76. The largest absolute Gasteiger partial charge is 0.360 e. The summed E-state index contributed by atoms with van der Waals surface area (Å²) in [6, 6.07) is 4.27. The first-order chi connectivity index (χ1) is 11.7. The minimum absolute atomic E-state index is 0. The van der Waals surface area contributed by atoms with Gasteiger partial charge in [0.25, 0.3) is 0 Å². The van der Waals surface area contributed by atoms with Crippen LogP contribution in [0.15, 0.2) is 22.5 Å². The van der Waals surface area contributed by atoms with Gasteiger partial charge >= 0.3 is 0 Å². The summed E-state index contributed by atoms with van der Waals surface area (Å²) in [6.45, 7) is 10.1. The van der Waals surface area contributed by atoms with Crippen LogP contribution in [0.2, 0.25) is 0 Å². The maximum Gasteiger partial charge on any atom is 0.221 e. The van der Waals surface area contributed by atoms with E-state index in [9.17, 15) is 4.79 Å². The Kier molecular flexibility index (Phi) is 10.9. The number of nitrogens with one attached hydrogen (secondary N) is 2. The first-order valence-electron chi connectivity index (χ1n) is 8.83. The van der Waals surface area contributed by atoms with E-state index < -0.39 is 0 Å². The van der Waals surface area contributed by atoms with E-state index in [0.717, 1.165) is 51.6 Å². The summed E-state index contributed by atoms with van der Waals surface area (Å²) in [6.07, 6.45) is 1.41. The maximum absolute atomic E-state index is 11.7. The molecule has 1 aromatic rings. The van der Waals surface area contributed by atoms with E-state index in [1.54, 1.807) is 11.3 Å². The van der Waals surface area contributed by atoms with Gasteiger partial charge in [-0.3, -0.25) is 9.79 Å². The van der Waals surface area contributed by atoms with Gasteiger partial charge in [-0.1, -0.05) is 6.92 Å². The Hall–Kier alpha value is -1.03. The second kappa shape index (κ2) is 12.3. The zero-order chi connectivity index (χ0) is 17.2. The number of rotatable bonds is 7. The molecule has 25 heavy (non-hydrogen) atoms. The average molecular weight is 479 g/mol. The number of thiophene rings is 1. The summed E-state index contributed by atoms with van der Waals surface area (Å²) in [7, 11) is 0. The zero-order valence-electron chi connectivity index (χ0n) is 15.2. The first kappa shape index (κ1) is 22.0. The molecule has 0 saturated carbocycles. The molecule has 1 amide bonds. The summed E-state index contributed by atoms with van der Waals surface area (Å²) < 4.78 is 0. The molecule has 2 N–H and O–H groups in total. The smallest absolute Gasteiger partial charge is 0.221 e. The Morgan fingerprint density at radius 3 is 2.60 bits per heavy atom. The van der Waals surface area contributed by atoms with Crippen molar-refractivity contribution < 1.29 is 4.79 Å². The van der Waals surface area contributed by atoms with Crippen LogP contribution in [0, 0.1) is 0 Å². The number of guanidine groups is 1. The summed E-state index contributed by atoms with van der Waals surface area (Å²) in [5.41, 5.74) is 0. The van der Waals surface area contributed by atoms with E-state index in [4.69, 9.17) is 0 Å². The van der Waals surface area contributed by atoms with Crippen LogP contribution in [-0.4, -0.2) is 62.6 Å². The summed E-state index contributed by atoms with van der Waals surface area (Å²) in [4.78, 5) is 21.0. The van der Waals surface area contributed by atoms with Gasteiger partial charge < -0.3 is 20.4 Å². The Balaban J connectivity index is 0.00000312. The molecule has 2 heterocycles. The molecule has 1 saturated heterocycles. The molecule has 1 aliphatic heterocycles. The Morgan fingerprint density at radius 1 is 1.24 bits per heavy atom. The minimum atomic E-state index is 0. The maximum atomic E-state index is 11.7. The lowest BCUT2D eigenvalue weighted by Crippen LogP contribution is -2.52. The fraction of sp³-hybridized carbons (Fsp3) is 0.647. The molecule has 1 aliphatic rings. The van der Waals surface area contributed by atoms with Gasteiger partial charge in [0.05, 0.1) is 11.5 Å². The summed E-state index contributed by atoms with van der Waals surface area (Å²) in [5, 5.41) is 9.70. The van der Waals surface area contributed by atoms with Crippen LogP contribution >= 0.6 is 35.3 Å². The molecule has 0 unspecified atom stereocenters. The highest BCUT2D eigenvalue weighted by Crippen LogP contribution is 2.22. The van der Waals surface area contributed by atoms with Crippen molar-refractivity contribution in [2.45, 2.75) is 26.7 Å². The van der Waals surface area contributed by atoms with Crippen molar-refractivity contribution >= 4 is 52.2 Å². The number of aliphatic imine (C=N–C) groups is 1. The third-order valence-electron chi connectivity index (χ3n) is 3.90. The van der Waals surface area contributed by atoms with Gasteiger partial charge in [-0.25, -0.2) is 0 Å². The molecule has 0 radical (unpaired) electrons. The first-order valence-corrected chi connectivity index (χ1v) is 9.71. The van der Waals surface area contributed by atoms with Crippen LogP contribution in [0.25, 0.3) is 0 Å².